The van der Waals surface area contributed by atoms with Crippen LogP contribution >= 0.6 is 0 Å². The van der Waals surface area contributed by atoms with Crippen molar-refractivity contribution < 1.29 is 18.7 Å². The van der Waals surface area contributed by atoms with Crippen LogP contribution in [0.4, 0.5) is 5.69 Å². The van der Waals surface area contributed by atoms with Gasteiger partial charge in [0.05, 0.1) is 13.7 Å². The van der Waals surface area contributed by atoms with Crippen LogP contribution in [0.1, 0.15) is 82.6 Å². The minimum Gasteiger partial charge on any atom is -0.499 e. The number of carbonyl (C=O) groups excluding carboxylic acids is 2. The van der Waals surface area contributed by atoms with Gasteiger partial charge < -0.3 is 25.1 Å². The molecule has 1 aromatic carbocycles. The van der Waals surface area contributed by atoms with Crippen LogP contribution < -0.4 is 16.0 Å². The van der Waals surface area contributed by atoms with Crippen molar-refractivity contribution in [3.05, 3.63) is 59.3 Å². The van der Waals surface area contributed by atoms with Crippen molar-refractivity contribution >= 4 is 17.5 Å². The number of anilines is 1. The van der Waals surface area contributed by atoms with E-state index in [0.29, 0.717) is 28.7 Å². The number of carbonyl (C=O) groups is 2. The number of amides is 2. The number of nitrogens with zero attached hydrogens (tertiary/aromatic N) is 1. The molecule has 1 atom stereocenters. The number of methoxy groups -OCH3 is 1. The summed E-state index contributed by atoms with van der Waals surface area (Å²) in [5, 5.41) is 9.09. The molecular weight excluding hydrogens is 468 g/mol. The van der Waals surface area contributed by atoms with Crippen LogP contribution in [0.15, 0.2) is 52.2 Å². The first-order chi connectivity index (χ1) is 17.8. The molecule has 0 radical (unpaired) electrons. The molecule has 0 aliphatic carbocycles. The van der Waals surface area contributed by atoms with Crippen molar-refractivity contribution in [1.29, 1.82) is 0 Å². The zero-order valence-electron chi connectivity index (χ0n) is 23.1. The van der Waals surface area contributed by atoms with E-state index in [9.17, 15) is 9.59 Å². The lowest BCUT2D eigenvalue weighted by atomic mass is 10.0. The van der Waals surface area contributed by atoms with Crippen molar-refractivity contribution in [3.63, 3.8) is 0 Å². The van der Waals surface area contributed by atoms with Crippen LogP contribution in [-0.4, -0.2) is 43.5 Å². The third-order valence-corrected chi connectivity index (χ3v) is 6.06. The van der Waals surface area contributed by atoms with Crippen LogP contribution in [0.5, 0.6) is 0 Å². The molecule has 0 aliphatic heterocycles. The molecule has 2 rings (SSSR count). The van der Waals surface area contributed by atoms with Crippen LogP contribution in [-0.2, 0) is 9.53 Å². The number of nitrogens with one attached hydrogen (secondary N) is 3. The number of allylic oxidation sites excluding steroid dienone is 3. The summed E-state index contributed by atoms with van der Waals surface area (Å²) in [6, 6.07) is 7.19. The third kappa shape index (κ3) is 9.53. The fraction of sp³-hybridized carbons (Fsp3) is 0.483. The van der Waals surface area contributed by atoms with Gasteiger partial charge in [0.15, 0.2) is 17.3 Å². The highest BCUT2D eigenvalue weighted by molar-refractivity contribution is 5.98. The average molecular weight is 511 g/mol. The largest absolute Gasteiger partial charge is 0.499 e. The van der Waals surface area contributed by atoms with E-state index in [1.165, 1.54) is 12.5 Å². The quantitative estimate of drug-likeness (QED) is 0.159. The van der Waals surface area contributed by atoms with E-state index in [1.54, 1.807) is 19.2 Å². The fourth-order valence-corrected chi connectivity index (χ4v) is 3.65. The molecule has 202 valence electrons. The van der Waals surface area contributed by atoms with Gasteiger partial charge in [-0.05, 0) is 76.0 Å². The Hall–Kier alpha value is -3.39. The first kappa shape index (κ1) is 29.8. The Bertz CT molecular complexity index is 1070. The smallest absolute Gasteiger partial charge is 0.274 e. The maximum absolute atomic E-state index is 13.3. The lowest BCUT2D eigenvalue weighted by molar-refractivity contribution is -0.114. The molecule has 0 fully saturated rings. The molecule has 3 N–H and O–H groups in total. The molecule has 37 heavy (non-hydrogen) atoms. The SMILES string of the molecule is CCCNCCC(CC)c1nc(C(=O)NC/C(=C\C=C(\C)CC)OC)c(-c2ccc(NC(C)=O)cc2)o1. The van der Waals surface area contributed by atoms with Crippen molar-refractivity contribution in [2.75, 3.05) is 32.1 Å². The van der Waals surface area contributed by atoms with E-state index in [-0.39, 0.29) is 30.0 Å². The molecule has 1 aromatic heterocycles. The van der Waals surface area contributed by atoms with Gasteiger partial charge in [-0.1, -0.05) is 32.4 Å². The Morgan fingerprint density at radius 3 is 2.41 bits per heavy atom. The molecule has 0 aliphatic rings. The molecular formula is C29H42N4O4. The third-order valence-electron chi connectivity index (χ3n) is 6.06. The molecule has 1 heterocycles. The summed E-state index contributed by atoms with van der Waals surface area (Å²) in [7, 11) is 1.59. The van der Waals surface area contributed by atoms with Crippen LogP contribution in [0.25, 0.3) is 11.3 Å². The summed E-state index contributed by atoms with van der Waals surface area (Å²) in [5.41, 5.74) is 2.82. The Labute approximate surface area is 221 Å². The fourth-order valence-electron chi connectivity index (χ4n) is 3.65. The van der Waals surface area contributed by atoms with Gasteiger partial charge in [0, 0.05) is 24.1 Å². The van der Waals surface area contributed by atoms with Gasteiger partial charge in [-0.2, -0.15) is 0 Å². The molecule has 1 unspecified atom stereocenters. The second-order valence-corrected chi connectivity index (χ2v) is 9.02. The molecule has 8 nitrogen and oxygen atoms in total. The molecule has 0 saturated heterocycles. The predicted octanol–water partition coefficient (Wildman–Crippen LogP) is 5.80. The Balaban J connectivity index is 2.34. The van der Waals surface area contributed by atoms with Crippen LogP contribution in [0.2, 0.25) is 0 Å². The standard InChI is InChI=1S/C29H42N4O4/c1-7-17-30-18-16-22(9-3)29-33-26(28(35)31-19-25(36-6)15-10-20(4)8-2)27(37-29)23-11-13-24(14-12-23)32-21(5)34/h10-15,22,30H,7-9,16-19H2,1-6H3,(H,31,35)(H,32,34)/b20-10-,25-15+. The molecule has 0 bridgehead atoms. The monoisotopic (exact) mass is 510 g/mol. The van der Waals surface area contributed by atoms with E-state index >= 15 is 0 Å². The van der Waals surface area contributed by atoms with Crippen molar-refractivity contribution in [2.45, 2.75) is 66.2 Å². The first-order valence-corrected chi connectivity index (χ1v) is 13.1. The average Bonchev–Trinajstić information content (AvgIpc) is 3.34. The minimum absolute atomic E-state index is 0.0832. The van der Waals surface area contributed by atoms with Gasteiger partial charge in [0.25, 0.3) is 5.91 Å². The van der Waals surface area contributed by atoms with Crippen LogP contribution in [0, 0.1) is 0 Å². The predicted molar refractivity (Wildman–Crippen MR) is 149 cm³/mol. The minimum atomic E-state index is -0.339. The molecule has 0 spiro atoms. The number of oxazole rings is 1. The second-order valence-electron chi connectivity index (χ2n) is 9.02. The van der Waals surface area contributed by atoms with E-state index in [4.69, 9.17) is 9.15 Å². The van der Waals surface area contributed by atoms with E-state index in [0.717, 1.165) is 38.8 Å². The number of hydrogen-bond acceptors (Lipinski definition) is 6. The Morgan fingerprint density at radius 2 is 1.81 bits per heavy atom. The summed E-state index contributed by atoms with van der Waals surface area (Å²) >= 11 is 0. The lowest BCUT2D eigenvalue weighted by Gasteiger charge is -2.11. The van der Waals surface area contributed by atoms with Gasteiger partial charge in [-0.25, -0.2) is 4.98 Å². The molecule has 0 saturated carbocycles. The van der Waals surface area contributed by atoms with Crippen molar-refractivity contribution in [1.82, 2.24) is 15.6 Å². The highest BCUT2D eigenvalue weighted by atomic mass is 16.5. The summed E-state index contributed by atoms with van der Waals surface area (Å²) < 4.78 is 11.7. The number of hydrogen-bond donors (Lipinski definition) is 3. The van der Waals surface area contributed by atoms with Gasteiger partial charge >= 0.3 is 0 Å². The number of ether oxygens (including phenoxy) is 1. The van der Waals surface area contributed by atoms with E-state index in [2.05, 4.69) is 41.7 Å². The van der Waals surface area contributed by atoms with Crippen LogP contribution in [0.3, 0.4) is 0 Å². The number of benzene rings is 1. The maximum atomic E-state index is 13.3. The van der Waals surface area contributed by atoms with Crippen molar-refractivity contribution in [2.24, 2.45) is 0 Å². The van der Waals surface area contributed by atoms with Crippen molar-refractivity contribution in [3.8, 4) is 11.3 Å². The van der Waals surface area contributed by atoms with E-state index < -0.39 is 0 Å². The Morgan fingerprint density at radius 1 is 1.08 bits per heavy atom. The molecule has 8 heteroatoms. The summed E-state index contributed by atoms with van der Waals surface area (Å²) in [6.45, 7) is 11.9. The summed E-state index contributed by atoms with van der Waals surface area (Å²) in [5.74, 6) is 1.19. The maximum Gasteiger partial charge on any atom is 0.274 e. The van der Waals surface area contributed by atoms with Gasteiger partial charge in [0.1, 0.15) is 5.76 Å². The van der Waals surface area contributed by atoms with Gasteiger partial charge in [0.2, 0.25) is 5.91 Å². The number of aromatic nitrogens is 1. The van der Waals surface area contributed by atoms with Gasteiger partial charge in [-0.3, -0.25) is 9.59 Å². The Kier molecular flexibility index (Phi) is 12.6. The van der Waals surface area contributed by atoms with E-state index in [1.807, 2.05) is 31.2 Å². The van der Waals surface area contributed by atoms with Gasteiger partial charge in [-0.15, -0.1) is 0 Å². The molecule has 2 aromatic rings. The first-order valence-electron chi connectivity index (χ1n) is 13.1. The summed E-state index contributed by atoms with van der Waals surface area (Å²) in [4.78, 5) is 29.3. The molecule has 2 amide bonds. The lowest BCUT2D eigenvalue weighted by Crippen LogP contribution is -2.27. The summed E-state index contributed by atoms with van der Waals surface area (Å²) in [6.07, 6.45) is 7.57. The normalized spacial score (nSPS) is 12.8. The second kappa shape index (κ2) is 15.7. The zero-order valence-corrected chi connectivity index (χ0v) is 23.1. The highest BCUT2D eigenvalue weighted by Gasteiger charge is 2.25. The highest BCUT2D eigenvalue weighted by Crippen LogP contribution is 2.31. The zero-order chi connectivity index (χ0) is 27.2. The topological polar surface area (TPSA) is 105 Å². The number of rotatable bonds is 15.